The topological polar surface area (TPSA) is 97.9 Å². The summed E-state index contributed by atoms with van der Waals surface area (Å²) >= 11 is 1.37. The number of nitrogens with zero attached hydrogens (tertiary/aromatic N) is 5. The van der Waals surface area contributed by atoms with Crippen molar-refractivity contribution >= 4 is 33.8 Å². The van der Waals surface area contributed by atoms with Gasteiger partial charge in [-0.25, -0.2) is 4.98 Å². The fraction of sp³-hybridized carbons (Fsp3) is 0.211. The Kier molecular flexibility index (Phi) is 3.71. The number of rotatable bonds is 3. The lowest BCUT2D eigenvalue weighted by molar-refractivity contribution is -0.117. The molecular formula is C19H16N6OS. The summed E-state index contributed by atoms with van der Waals surface area (Å²) < 4.78 is 0. The number of benzene rings is 1. The molecule has 0 atom stereocenters. The van der Waals surface area contributed by atoms with Gasteiger partial charge < -0.3 is 5.73 Å². The van der Waals surface area contributed by atoms with E-state index in [9.17, 15) is 4.79 Å². The zero-order valence-corrected chi connectivity index (χ0v) is 15.2. The van der Waals surface area contributed by atoms with E-state index in [1.807, 2.05) is 6.07 Å². The quantitative estimate of drug-likeness (QED) is 0.755. The van der Waals surface area contributed by atoms with Gasteiger partial charge in [0.1, 0.15) is 5.01 Å². The minimum atomic E-state index is 0.114. The predicted molar refractivity (Wildman–Crippen MR) is 104 cm³/mol. The third kappa shape index (κ3) is 2.78. The van der Waals surface area contributed by atoms with Crippen LogP contribution in [0.15, 0.2) is 36.7 Å². The number of hydrogen-bond donors (Lipinski definition) is 1. The van der Waals surface area contributed by atoms with Gasteiger partial charge in [-0.05, 0) is 30.0 Å². The fourth-order valence-corrected chi connectivity index (χ4v) is 4.15. The Labute approximate surface area is 159 Å². The normalized spacial score (nSPS) is 15.9. The van der Waals surface area contributed by atoms with Gasteiger partial charge in [-0.1, -0.05) is 29.5 Å². The summed E-state index contributed by atoms with van der Waals surface area (Å²) in [5, 5.41) is 9.28. The Morgan fingerprint density at radius 2 is 2.07 bits per heavy atom. The molecule has 1 saturated heterocycles. The second kappa shape index (κ2) is 6.24. The van der Waals surface area contributed by atoms with E-state index in [-0.39, 0.29) is 5.91 Å². The molecule has 2 N–H and O–H groups in total. The predicted octanol–water partition coefficient (Wildman–Crippen LogP) is 2.69. The Morgan fingerprint density at radius 3 is 2.78 bits per heavy atom. The summed E-state index contributed by atoms with van der Waals surface area (Å²) in [5.74, 6) is 0.738. The largest absolute Gasteiger partial charge is 0.374 e. The summed E-state index contributed by atoms with van der Waals surface area (Å²) in [6, 6.07) is 6.26. The number of nitrogens with two attached hydrogens (primary N) is 1. The van der Waals surface area contributed by atoms with E-state index in [0.717, 1.165) is 40.2 Å². The molecule has 7 nitrogen and oxygen atoms in total. The Morgan fingerprint density at radius 1 is 1.15 bits per heavy atom. The first-order chi connectivity index (χ1) is 13.2. The maximum Gasteiger partial charge on any atom is 0.228 e. The van der Waals surface area contributed by atoms with Crippen LogP contribution in [0.25, 0.3) is 16.1 Å². The Bertz CT molecular complexity index is 1070. The molecule has 0 saturated carbocycles. The molecule has 0 spiro atoms. The van der Waals surface area contributed by atoms with Gasteiger partial charge >= 0.3 is 0 Å². The van der Waals surface area contributed by atoms with E-state index in [1.54, 1.807) is 17.3 Å². The lowest BCUT2D eigenvalue weighted by atomic mass is 10.0. The van der Waals surface area contributed by atoms with E-state index >= 15 is 0 Å². The minimum Gasteiger partial charge on any atom is -0.374 e. The lowest BCUT2D eigenvalue weighted by Crippen LogP contribution is -2.24. The number of allylic oxidation sites excluding steroid dienone is 1. The molecule has 3 aromatic rings. The first kappa shape index (κ1) is 16.1. The maximum atomic E-state index is 11.9. The van der Waals surface area contributed by atoms with Gasteiger partial charge in [-0.3, -0.25) is 14.7 Å². The first-order valence-corrected chi connectivity index (χ1v) is 9.56. The first-order valence-electron chi connectivity index (χ1n) is 8.74. The second-order valence-electron chi connectivity index (χ2n) is 6.55. The van der Waals surface area contributed by atoms with Crippen molar-refractivity contribution in [3.05, 3.63) is 53.5 Å². The summed E-state index contributed by atoms with van der Waals surface area (Å²) in [6.07, 6.45) is 7.91. The molecule has 3 heterocycles. The smallest absolute Gasteiger partial charge is 0.228 e. The van der Waals surface area contributed by atoms with E-state index in [0.29, 0.717) is 23.9 Å². The van der Waals surface area contributed by atoms with Crippen molar-refractivity contribution in [2.75, 3.05) is 17.2 Å². The molecule has 8 heteroatoms. The van der Waals surface area contributed by atoms with Crippen molar-refractivity contribution in [1.29, 1.82) is 0 Å². The van der Waals surface area contributed by atoms with Gasteiger partial charge in [0, 0.05) is 24.1 Å². The van der Waals surface area contributed by atoms with Crippen LogP contribution in [-0.2, 0) is 11.2 Å². The van der Waals surface area contributed by atoms with Gasteiger partial charge in [-0.15, -0.1) is 10.2 Å². The van der Waals surface area contributed by atoms with Crippen LogP contribution in [0.2, 0.25) is 0 Å². The number of aromatic nitrogens is 4. The highest BCUT2D eigenvalue weighted by atomic mass is 32.1. The number of nitrogen functional groups attached to an aromatic ring is 1. The van der Waals surface area contributed by atoms with Crippen molar-refractivity contribution < 1.29 is 4.79 Å². The molecule has 0 bridgehead atoms. The molecule has 134 valence electrons. The van der Waals surface area contributed by atoms with Crippen LogP contribution in [0.5, 0.6) is 0 Å². The molecule has 1 aliphatic carbocycles. The molecule has 2 aromatic heterocycles. The number of carbonyl (C=O) groups excluding carboxylic acids is 1. The van der Waals surface area contributed by atoms with Crippen LogP contribution < -0.4 is 10.6 Å². The van der Waals surface area contributed by atoms with Crippen LogP contribution in [0.1, 0.15) is 29.7 Å². The third-order valence-corrected chi connectivity index (χ3v) is 5.68. The zero-order valence-electron chi connectivity index (χ0n) is 14.4. The Balaban J connectivity index is 1.47. The highest BCUT2D eigenvalue weighted by Crippen LogP contribution is 2.36. The number of carbonyl (C=O) groups is 1. The highest BCUT2D eigenvalue weighted by molar-refractivity contribution is 7.18. The van der Waals surface area contributed by atoms with Gasteiger partial charge in [0.25, 0.3) is 0 Å². The molecule has 1 aromatic carbocycles. The summed E-state index contributed by atoms with van der Waals surface area (Å²) in [6.45, 7) is 0.715. The molecule has 27 heavy (non-hydrogen) atoms. The van der Waals surface area contributed by atoms with Crippen LogP contribution in [-0.4, -0.2) is 32.6 Å². The molecule has 2 aliphatic rings. The highest BCUT2D eigenvalue weighted by Gasteiger charge is 2.24. The number of hydrogen-bond acceptors (Lipinski definition) is 7. The van der Waals surface area contributed by atoms with Gasteiger partial charge in [0.15, 0.2) is 5.82 Å². The molecule has 1 aliphatic heterocycles. The molecule has 0 unspecified atom stereocenters. The maximum absolute atomic E-state index is 11.9. The SMILES string of the molecule is Nc1nnc(-c2ccc3c(c2)C(c2cnc(N4CCCC4=O)cn2)=CC3)s1. The van der Waals surface area contributed by atoms with Gasteiger partial charge in [0.05, 0.1) is 18.1 Å². The second-order valence-corrected chi connectivity index (χ2v) is 7.56. The molecule has 1 amide bonds. The number of fused-ring (bicyclic) bond motifs is 1. The number of amides is 1. The molecule has 0 radical (unpaired) electrons. The monoisotopic (exact) mass is 376 g/mol. The van der Waals surface area contributed by atoms with Crippen molar-refractivity contribution in [2.45, 2.75) is 19.3 Å². The molecule has 5 rings (SSSR count). The van der Waals surface area contributed by atoms with E-state index < -0.39 is 0 Å². The Hall–Kier alpha value is -3.13. The van der Waals surface area contributed by atoms with E-state index in [4.69, 9.17) is 5.73 Å². The van der Waals surface area contributed by atoms with Crippen molar-refractivity contribution in [3.63, 3.8) is 0 Å². The number of anilines is 2. The standard InChI is InChI=1S/C19H16N6OS/c20-19-24-23-18(27-19)12-4-3-11-5-6-13(14(11)8-12)15-9-22-16(10-21-15)25-7-1-2-17(25)26/h3-4,6,8-10H,1-2,5,7H2,(H2,20,24). The average molecular weight is 376 g/mol. The van der Waals surface area contributed by atoms with Gasteiger partial charge in [0.2, 0.25) is 11.0 Å². The summed E-state index contributed by atoms with van der Waals surface area (Å²) in [4.78, 5) is 22.6. The third-order valence-electron chi connectivity index (χ3n) is 4.88. The van der Waals surface area contributed by atoms with Crippen molar-refractivity contribution in [3.8, 4) is 10.6 Å². The van der Waals surface area contributed by atoms with Crippen molar-refractivity contribution in [2.24, 2.45) is 0 Å². The van der Waals surface area contributed by atoms with Gasteiger partial charge in [-0.2, -0.15) is 0 Å². The van der Waals surface area contributed by atoms with Crippen LogP contribution >= 0.6 is 11.3 Å². The van der Waals surface area contributed by atoms with E-state index in [2.05, 4.69) is 38.4 Å². The molecular weight excluding hydrogens is 360 g/mol. The van der Waals surface area contributed by atoms with Crippen LogP contribution in [0, 0.1) is 0 Å². The minimum absolute atomic E-state index is 0.114. The van der Waals surface area contributed by atoms with E-state index in [1.165, 1.54) is 16.9 Å². The van der Waals surface area contributed by atoms with Crippen LogP contribution in [0.4, 0.5) is 10.9 Å². The zero-order chi connectivity index (χ0) is 18.4. The fourth-order valence-electron chi connectivity index (χ4n) is 3.54. The average Bonchev–Trinajstić information content (AvgIpc) is 3.41. The summed E-state index contributed by atoms with van der Waals surface area (Å²) in [5.41, 5.74) is 10.9. The van der Waals surface area contributed by atoms with Crippen LogP contribution in [0.3, 0.4) is 0 Å². The van der Waals surface area contributed by atoms with Crippen molar-refractivity contribution in [1.82, 2.24) is 20.2 Å². The molecule has 1 fully saturated rings. The lowest BCUT2D eigenvalue weighted by Gasteiger charge is -2.14. The summed E-state index contributed by atoms with van der Waals surface area (Å²) in [7, 11) is 0.